The molecule has 0 unspecified atom stereocenters. The minimum Gasteiger partial charge on any atom is -0.346 e. The van der Waals surface area contributed by atoms with Crippen molar-refractivity contribution in [1.29, 1.82) is 0 Å². The molecule has 0 aromatic carbocycles. The maximum absolute atomic E-state index is 2.48. The van der Waals surface area contributed by atoms with Gasteiger partial charge in [0.2, 0.25) is 0 Å². The molecule has 0 bridgehead atoms. The summed E-state index contributed by atoms with van der Waals surface area (Å²) in [6.45, 7) is 5.57. The summed E-state index contributed by atoms with van der Waals surface area (Å²) in [7, 11) is 0. The zero-order valence-electron chi connectivity index (χ0n) is 9.38. The molecule has 2 aliphatic rings. The zero-order chi connectivity index (χ0) is 9.64. The molecule has 0 aromatic heterocycles. The maximum Gasteiger partial charge on any atom is 0.0758 e. The van der Waals surface area contributed by atoms with Crippen LogP contribution in [0, 0.1) is 11.8 Å². The van der Waals surface area contributed by atoms with Crippen LogP contribution >= 0.6 is 0 Å². The van der Waals surface area contributed by atoms with Crippen LogP contribution in [-0.4, -0.2) is 26.2 Å². The van der Waals surface area contributed by atoms with Crippen LogP contribution in [0.15, 0.2) is 0 Å². The van der Waals surface area contributed by atoms with Gasteiger partial charge in [0.05, 0.1) is 26.2 Å². The Labute approximate surface area is 87.8 Å². The summed E-state index contributed by atoms with van der Waals surface area (Å²) < 4.78 is 0. The van der Waals surface area contributed by atoms with Gasteiger partial charge >= 0.3 is 0 Å². The van der Waals surface area contributed by atoms with Crippen molar-refractivity contribution in [2.24, 2.45) is 11.8 Å². The van der Waals surface area contributed by atoms with E-state index in [-0.39, 0.29) is 0 Å². The lowest BCUT2D eigenvalue weighted by Gasteiger charge is -2.24. The van der Waals surface area contributed by atoms with Gasteiger partial charge in [-0.2, -0.15) is 0 Å². The second-order valence-corrected chi connectivity index (χ2v) is 5.20. The summed E-state index contributed by atoms with van der Waals surface area (Å²) in [4.78, 5) is 0. The Balaban J connectivity index is 1.60. The molecular weight excluding hydrogens is 172 g/mol. The van der Waals surface area contributed by atoms with Crippen molar-refractivity contribution in [3.63, 3.8) is 0 Å². The van der Waals surface area contributed by atoms with E-state index in [0.717, 1.165) is 11.8 Å². The SMILES string of the molecule is C1CC(CCC2CC[NH2+]CC2)CC[NH2+]1. The first-order valence-corrected chi connectivity index (χ1v) is 6.58. The fourth-order valence-electron chi connectivity index (χ4n) is 3.04. The van der Waals surface area contributed by atoms with Gasteiger partial charge in [0.25, 0.3) is 0 Å². The van der Waals surface area contributed by atoms with Crippen molar-refractivity contribution in [1.82, 2.24) is 0 Å². The minimum atomic E-state index is 1.07. The average molecular weight is 198 g/mol. The van der Waals surface area contributed by atoms with Crippen LogP contribution in [0.2, 0.25) is 0 Å². The Hall–Kier alpha value is -0.0800. The summed E-state index contributed by atoms with van der Waals surface area (Å²) in [5.41, 5.74) is 0. The van der Waals surface area contributed by atoms with Crippen LogP contribution in [0.3, 0.4) is 0 Å². The van der Waals surface area contributed by atoms with Crippen LogP contribution < -0.4 is 10.6 Å². The molecule has 2 rings (SSSR count). The minimum absolute atomic E-state index is 1.07. The Morgan fingerprint density at radius 2 is 1.00 bits per heavy atom. The van der Waals surface area contributed by atoms with Crippen LogP contribution in [0.4, 0.5) is 0 Å². The van der Waals surface area contributed by atoms with E-state index in [9.17, 15) is 0 Å². The summed E-state index contributed by atoms with van der Waals surface area (Å²) in [5.74, 6) is 2.15. The molecule has 2 nitrogen and oxygen atoms in total. The Morgan fingerprint density at radius 3 is 1.36 bits per heavy atom. The van der Waals surface area contributed by atoms with Gasteiger partial charge in [-0.25, -0.2) is 0 Å². The first-order valence-electron chi connectivity index (χ1n) is 6.58. The molecule has 2 saturated heterocycles. The molecule has 0 aromatic rings. The van der Waals surface area contributed by atoms with E-state index in [0.29, 0.717) is 0 Å². The first kappa shape index (κ1) is 10.4. The Kier molecular flexibility index (Phi) is 4.26. The van der Waals surface area contributed by atoms with Crippen LogP contribution in [0.5, 0.6) is 0 Å². The third-order valence-electron chi connectivity index (χ3n) is 4.10. The molecule has 2 heterocycles. The molecular formula is C12H26N2+2. The normalized spacial score (nSPS) is 26.6. The molecule has 2 aliphatic heterocycles. The van der Waals surface area contributed by atoms with E-state index in [1.54, 1.807) is 0 Å². The molecule has 2 heteroatoms. The third-order valence-corrected chi connectivity index (χ3v) is 4.10. The highest BCUT2D eigenvalue weighted by Crippen LogP contribution is 2.22. The molecule has 0 atom stereocenters. The highest BCUT2D eigenvalue weighted by Gasteiger charge is 2.19. The van der Waals surface area contributed by atoms with Gasteiger partial charge < -0.3 is 10.6 Å². The molecule has 82 valence electrons. The van der Waals surface area contributed by atoms with E-state index in [4.69, 9.17) is 0 Å². The van der Waals surface area contributed by atoms with Crippen LogP contribution in [0.25, 0.3) is 0 Å². The summed E-state index contributed by atoms with van der Waals surface area (Å²) in [6.07, 6.45) is 8.99. The number of rotatable bonds is 3. The molecule has 4 N–H and O–H groups in total. The van der Waals surface area contributed by atoms with Crippen molar-refractivity contribution < 1.29 is 10.6 Å². The standard InChI is InChI=1S/C12H24N2/c1(11-3-7-13-8-4-11)2-12-5-9-14-10-6-12/h11-14H,1-10H2/p+2. The van der Waals surface area contributed by atoms with E-state index in [2.05, 4.69) is 10.6 Å². The number of piperidine rings is 2. The largest absolute Gasteiger partial charge is 0.346 e. The second kappa shape index (κ2) is 5.72. The lowest BCUT2D eigenvalue weighted by Crippen LogP contribution is -2.86. The molecule has 0 aliphatic carbocycles. The Morgan fingerprint density at radius 1 is 0.643 bits per heavy atom. The van der Waals surface area contributed by atoms with Crippen LogP contribution in [-0.2, 0) is 0 Å². The fourth-order valence-corrected chi connectivity index (χ4v) is 3.04. The van der Waals surface area contributed by atoms with Gasteiger partial charge in [0, 0.05) is 0 Å². The summed E-state index contributed by atoms with van der Waals surface area (Å²) in [5, 5.41) is 4.96. The fraction of sp³-hybridized carbons (Fsp3) is 1.00. The van der Waals surface area contributed by atoms with Crippen LogP contribution in [0.1, 0.15) is 38.5 Å². The maximum atomic E-state index is 2.48. The van der Waals surface area contributed by atoms with Gasteiger partial charge in [-0.1, -0.05) is 0 Å². The summed E-state index contributed by atoms with van der Waals surface area (Å²) >= 11 is 0. The molecule has 0 spiro atoms. The highest BCUT2D eigenvalue weighted by molar-refractivity contribution is 4.67. The van der Waals surface area contributed by atoms with Gasteiger partial charge in [-0.3, -0.25) is 0 Å². The predicted octanol–water partition coefficient (Wildman–Crippen LogP) is -0.287. The Bertz CT molecular complexity index is 128. The number of nitrogens with two attached hydrogens (primary N) is 2. The van der Waals surface area contributed by atoms with E-state index >= 15 is 0 Å². The average Bonchev–Trinajstić information content (AvgIpc) is 2.29. The zero-order valence-corrected chi connectivity index (χ0v) is 9.38. The van der Waals surface area contributed by atoms with Crippen molar-refractivity contribution in [2.75, 3.05) is 26.2 Å². The van der Waals surface area contributed by atoms with Gasteiger partial charge in [-0.15, -0.1) is 0 Å². The van der Waals surface area contributed by atoms with Gasteiger partial charge in [0.1, 0.15) is 0 Å². The number of hydrogen-bond donors (Lipinski definition) is 2. The topological polar surface area (TPSA) is 33.2 Å². The lowest BCUT2D eigenvalue weighted by molar-refractivity contribution is -0.666. The first-order chi connectivity index (χ1) is 6.95. The van der Waals surface area contributed by atoms with Crippen molar-refractivity contribution in [3.05, 3.63) is 0 Å². The van der Waals surface area contributed by atoms with E-state index in [1.807, 2.05) is 0 Å². The molecule has 0 saturated carbocycles. The van der Waals surface area contributed by atoms with E-state index < -0.39 is 0 Å². The highest BCUT2D eigenvalue weighted by atomic mass is 14.9. The van der Waals surface area contributed by atoms with E-state index in [1.165, 1.54) is 64.7 Å². The third kappa shape index (κ3) is 3.25. The second-order valence-electron chi connectivity index (χ2n) is 5.20. The monoisotopic (exact) mass is 198 g/mol. The smallest absolute Gasteiger partial charge is 0.0758 e. The van der Waals surface area contributed by atoms with Crippen molar-refractivity contribution in [2.45, 2.75) is 38.5 Å². The predicted molar refractivity (Wildman–Crippen MR) is 58.0 cm³/mol. The van der Waals surface area contributed by atoms with Crippen molar-refractivity contribution >= 4 is 0 Å². The molecule has 0 radical (unpaired) electrons. The van der Waals surface area contributed by atoms with Gasteiger partial charge in [-0.05, 0) is 50.4 Å². The quantitative estimate of drug-likeness (QED) is 0.625. The molecule has 14 heavy (non-hydrogen) atoms. The number of quaternary nitrogens is 2. The molecule has 0 amide bonds. The molecule has 2 fully saturated rings. The lowest BCUT2D eigenvalue weighted by atomic mass is 9.86. The summed E-state index contributed by atoms with van der Waals surface area (Å²) in [6, 6.07) is 0. The van der Waals surface area contributed by atoms with Gasteiger partial charge in [0.15, 0.2) is 0 Å². The van der Waals surface area contributed by atoms with Crippen molar-refractivity contribution in [3.8, 4) is 0 Å². The number of hydrogen-bond acceptors (Lipinski definition) is 0.